The number of nitrogens with zero attached hydrogens (tertiary/aromatic N) is 1. The molecule has 1 heterocycles. The van der Waals surface area contributed by atoms with E-state index in [-0.39, 0.29) is 9.79 Å². The van der Waals surface area contributed by atoms with Crippen LogP contribution in [0.2, 0.25) is 0 Å². The highest BCUT2D eigenvalue weighted by Crippen LogP contribution is 2.23. The van der Waals surface area contributed by atoms with Gasteiger partial charge in [-0.25, -0.2) is 8.42 Å². The van der Waals surface area contributed by atoms with Crippen LogP contribution >= 0.6 is 0 Å². The Bertz CT molecular complexity index is 1210. The summed E-state index contributed by atoms with van der Waals surface area (Å²) in [4.78, 5) is 12.0. The number of aldehydes is 1. The molecular weight excluding hydrogens is 358 g/mol. The van der Waals surface area contributed by atoms with Gasteiger partial charge >= 0.3 is 0 Å². The van der Waals surface area contributed by atoms with Crippen LogP contribution in [0.1, 0.15) is 16.1 Å². The molecule has 0 atom stereocenters. The zero-order valence-corrected chi connectivity index (χ0v) is 15.3. The van der Waals surface area contributed by atoms with E-state index in [1.165, 1.54) is 0 Å². The third-order valence-corrected chi connectivity index (χ3v) is 6.38. The zero-order chi connectivity index (χ0) is 18.9. The van der Waals surface area contributed by atoms with Crippen molar-refractivity contribution in [1.82, 2.24) is 4.57 Å². The molecule has 27 heavy (non-hydrogen) atoms. The monoisotopic (exact) mass is 375 g/mol. The van der Waals surface area contributed by atoms with Gasteiger partial charge in [0, 0.05) is 17.4 Å². The van der Waals surface area contributed by atoms with E-state index in [1.54, 1.807) is 54.6 Å². The fourth-order valence-corrected chi connectivity index (χ4v) is 4.48. The van der Waals surface area contributed by atoms with Crippen molar-refractivity contribution in [3.05, 3.63) is 96.2 Å². The Kier molecular flexibility index (Phi) is 4.38. The molecule has 0 aliphatic carbocycles. The van der Waals surface area contributed by atoms with Crippen LogP contribution in [0.15, 0.2) is 94.7 Å². The van der Waals surface area contributed by atoms with Crippen molar-refractivity contribution < 1.29 is 13.2 Å². The van der Waals surface area contributed by atoms with Gasteiger partial charge in [0.05, 0.1) is 15.5 Å². The molecule has 0 unspecified atom stereocenters. The van der Waals surface area contributed by atoms with Crippen LogP contribution in [-0.2, 0) is 16.4 Å². The fraction of sp³-hybridized carbons (Fsp3) is 0.0455. The lowest BCUT2D eigenvalue weighted by Gasteiger charge is -2.09. The number of benzene rings is 3. The lowest BCUT2D eigenvalue weighted by molar-refractivity contribution is 0.111. The van der Waals surface area contributed by atoms with Crippen LogP contribution in [0.25, 0.3) is 10.9 Å². The van der Waals surface area contributed by atoms with E-state index in [2.05, 4.69) is 0 Å². The summed E-state index contributed by atoms with van der Waals surface area (Å²) in [5.74, 6) is 0. The van der Waals surface area contributed by atoms with Crippen LogP contribution in [-0.4, -0.2) is 19.3 Å². The molecule has 0 amide bonds. The summed E-state index contributed by atoms with van der Waals surface area (Å²) in [7, 11) is -3.53. The van der Waals surface area contributed by atoms with Crippen molar-refractivity contribution in [1.29, 1.82) is 0 Å². The zero-order valence-electron chi connectivity index (χ0n) is 14.4. The first kappa shape index (κ1) is 17.2. The average Bonchev–Trinajstić information content (AvgIpc) is 3.07. The Balaban J connectivity index is 1.67. The summed E-state index contributed by atoms with van der Waals surface area (Å²) < 4.78 is 27.3. The predicted octanol–water partition coefficient (Wildman–Crippen LogP) is 4.33. The van der Waals surface area contributed by atoms with Crippen LogP contribution in [0.4, 0.5) is 0 Å². The number of rotatable bonds is 5. The molecule has 0 spiro atoms. The van der Waals surface area contributed by atoms with Gasteiger partial charge in [-0.15, -0.1) is 0 Å². The van der Waals surface area contributed by atoms with Crippen molar-refractivity contribution in [3.8, 4) is 0 Å². The van der Waals surface area contributed by atoms with Gasteiger partial charge in [-0.2, -0.15) is 0 Å². The topological polar surface area (TPSA) is 56.1 Å². The van der Waals surface area contributed by atoms with Gasteiger partial charge in [0.15, 0.2) is 6.29 Å². The molecule has 0 aliphatic rings. The largest absolute Gasteiger partial charge is 0.334 e. The molecule has 134 valence electrons. The number of fused-ring (bicyclic) bond motifs is 1. The molecule has 0 bridgehead atoms. The van der Waals surface area contributed by atoms with E-state index in [0.717, 1.165) is 22.8 Å². The SMILES string of the molecule is O=Cc1cc2ccccc2n1Cc1ccc(S(=O)(=O)c2ccccc2)cc1. The summed E-state index contributed by atoms with van der Waals surface area (Å²) >= 11 is 0. The summed E-state index contributed by atoms with van der Waals surface area (Å²) in [5, 5.41) is 1.00. The summed E-state index contributed by atoms with van der Waals surface area (Å²) in [6, 6.07) is 24.9. The first-order valence-corrected chi connectivity index (χ1v) is 10.0. The van der Waals surface area contributed by atoms with Crippen molar-refractivity contribution in [2.24, 2.45) is 0 Å². The number of hydrogen-bond donors (Lipinski definition) is 0. The second-order valence-electron chi connectivity index (χ2n) is 6.29. The van der Waals surface area contributed by atoms with Crippen molar-refractivity contribution in [3.63, 3.8) is 0 Å². The Morgan fingerprint density at radius 3 is 2.11 bits per heavy atom. The van der Waals surface area contributed by atoms with E-state index < -0.39 is 9.84 Å². The van der Waals surface area contributed by atoms with Crippen molar-refractivity contribution in [2.75, 3.05) is 0 Å². The molecule has 5 heteroatoms. The van der Waals surface area contributed by atoms with E-state index in [0.29, 0.717) is 12.2 Å². The highest BCUT2D eigenvalue weighted by Gasteiger charge is 2.17. The molecule has 4 aromatic rings. The second kappa shape index (κ2) is 6.85. The normalized spacial score (nSPS) is 11.6. The maximum Gasteiger partial charge on any atom is 0.206 e. The van der Waals surface area contributed by atoms with E-state index in [9.17, 15) is 13.2 Å². The summed E-state index contributed by atoms with van der Waals surface area (Å²) in [6.45, 7) is 0.493. The minimum absolute atomic E-state index is 0.255. The Morgan fingerprint density at radius 1 is 0.778 bits per heavy atom. The smallest absolute Gasteiger partial charge is 0.206 e. The van der Waals surface area contributed by atoms with Crippen molar-refractivity contribution in [2.45, 2.75) is 16.3 Å². The quantitative estimate of drug-likeness (QED) is 0.488. The molecule has 4 rings (SSSR count). The number of sulfone groups is 1. The molecule has 0 saturated carbocycles. The Labute approximate surface area is 157 Å². The van der Waals surface area contributed by atoms with Crippen molar-refractivity contribution >= 4 is 27.0 Å². The van der Waals surface area contributed by atoms with E-state index >= 15 is 0 Å². The fourth-order valence-electron chi connectivity index (χ4n) is 3.20. The van der Waals surface area contributed by atoms with Gasteiger partial charge in [0.1, 0.15) is 0 Å². The van der Waals surface area contributed by atoms with Gasteiger partial charge in [-0.05, 0) is 42.0 Å². The first-order valence-electron chi connectivity index (χ1n) is 8.52. The molecule has 1 aromatic heterocycles. The van der Waals surface area contributed by atoms with Crippen LogP contribution < -0.4 is 0 Å². The number of aromatic nitrogens is 1. The highest BCUT2D eigenvalue weighted by molar-refractivity contribution is 7.91. The number of carbonyl (C=O) groups is 1. The van der Waals surface area contributed by atoms with Gasteiger partial charge in [-0.3, -0.25) is 4.79 Å². The van der Waals surface area contributed by atoms with Crippen LogP contribution in [0.5, 0.6) is 0 Å². The Morgan fingerprint density at radius 2 is 1.41 bits per heavy atom. The molecule has 3 aromatic carbocycles. The molecule has 0 saturated heterocycles. The lowest BCUT2D eigenvalue weighted by Crippen LogP contribution is -2.05. The average molecular weight is 375 g/mol. The molecular formula is C22H17NO3S. The highest BCUT2D eigenvalue weighted by atomic mass is 32.2. The molecule has 0 aliphatic heterocycles. The Hall–Kier alpha value is -3.18. The van der Waals surface area contributed by atoms with E-state index in [1.807, 2.05) is 34.9 Å². The molecule has 4 nitrogen and oxygen atoms in total. The third kappa shape index (κ3) is 3.17. The van der Waals surface area contributed by atoms with Gasteiger partial charge < -0.3 is 4.57 Å². The van der Waals surface area contributed by atoms with Crippen LogP contribution in [0, 0.1) is 0 Å². The minimum Gasteiger partial charge on any atom is -0.334 e. The number of hydrogen-bond acceptors (Lipinski definition) is 3. The lowest BCUT2D eigenvalue weighted by atomic mass is 10.2. The van der Waals surface area contributed by atoms with Gasteiger partial charge in [0.2, 0.25) is 9.84 Å². The number of carbonyl (C=O) groups excluding carboxylic acids is 1. The maximum atomic E-state index is 12.7. The van der Waals surface area contributed by atoms with E-state index in [4.69, 9.17) is 0 Å². The molecule has 0 N–H and O–H groups in total. The second-order valence-corrected chi connectivity index (χ2v) is 8.24. The third-order valence-electron chi connectivity index (χ3n) is 4.59. The van der Waals surface area contributed by atoms with Gasteiger partial charge in [0.25, 0.3) is 0 Å². The summed E-state index contributed by atoms with van der Waals surface area (Å²) in [5.41, 5.74) is 2.49. The van der Waals surface area contributed by atoms with Crippen LogP contribution in [0.3, 0.4) is 0 Å². The predicted molar refractivity (Wildman–Crippen MR) is 105 cm³/mol. The summed E-state index contributed by atoms with van der Waals surface area (Å²) in [6.07, 6.45) is 0.841. The standard InChI is InChI=1S/C22H17NO3S/c24-16-19-14-18-6-4-5-9-22(18)23(19)15-17-10-12-21(13-11-17)27(25,26)20-7-2-1-3-8-20/h1-14,16H,15H2. The maximum absolute atomic E-state index is 12.7. The minimum atomic E-state index is -3.53. The molecule has 0 radical (unpaired) electrons. The molecule has 0 fully saturated rings. The first-order chi connectivity index (χ1) is 13.1. The van der Waals surface area contributed by atoms with Gasteiger partial charge in [-0.1, -0.05) is 48.5 Å². The number of para-hydroxylation sites is 1.